The molecule has 2 aromatic carbocycles. The Morgan fingerprint density at radius 1 is 1.00 bits per heavy atom. The number of piperazine rings is 1. The lowest BCUT2D eigenvalue weighted by molar-refractivity contribution is -0.137. The molecule has 11 nitrogen and oxygen atoms in total. The fraction of sp³-hybridized carbons (Fsp3) is 0.484. The van der Waals surface area contributed by atoms with E-state index in [2.05, 4.69) is 25.7 Å². The Labute approximate surface area is 246 Å². The largest absolute Gasteiger partial charge is 0.508 e. The minimum Gasteiger partial charge on any atom is -0.508 e. The summed E-state index contributed by atoms with van der Waals surface area (Å²) < 4.78 is 1.64. The zero-order chi connectivity index (χ0) is 29.8. The van der Waals surface area contributed by atoms with Crippen LogP contribution in [0.5, 0.6) is 11.5 Å². The lowest BCUT2D eigenvalue weighted by Crippen LogP contribution is -2.50. The number of likely N-dealkylation sites (tertiary alicyclic amines) is 1. The van der Waals surface area contributed by atoms with Crippen molar-refractivity contribution in [1.29, 1.82) is 0 Å². The average Bonchev–Trinajstić information content (AvgIpc) is 3.43. The van der Waals surface area contributed by atoms with Crippen LogP contribution in [0.3, 0.4) is 0 Å². The van der Waals surface area contributed by atoms with Crippen molar-refractivity contribution < 1.29 is 19.8 Å². The van der Waals surface area contributed by atoms with Gasteiger partial charge in [0.15, 0.2) is 5.82 Å². The van der Waals surface area contributed by atoms with Crippen LogP contribution in [0.15, 0.2) is 36.4 Å². The van der Waals surface area contributed by atoms with Gasteiger partial charge in [0.1, 0.15) is 11.5 Å². The number of piperidine rings is 1. The Morgan fingerprint density at radius 2 is 1.69 bits per heavy atom. The first-order valence-electron chi connectivity index (χ1n) is 14.9. The third kappa shape index (κ3) is 6.27. The van der Waals surface area contributed by atoms with Crippen molar-refractivity contribution in [1.82, 2.24) is 35.2 Å². The predicted octanol–water partition coefficient (Wildman–Crippen LogP) is 2.86. The molecule has 3 heterocycles. The zero-order valence-corrected chi connectivity index (χ0v) is 24.6. The number of nitrogens with zero attached hydrogens (tertiary/aromatic N) is 5. The number of benzene rings is 2. The van der Waals surface area contributed by atoms with Crippen molar-refractivity contribution in [3.63, 3.8) is 0 Å². The monoisotopic (exact) mass is 575 g/mol. The van der Waals surface area contributed by atoms with Gasteiger partial charge in [-0.1, -0.05) is 26.0 Å². The van der Waals surface area contributed by atoms with Crippen LogP contribution in [0.2, 0.25) is 0 Å². The molecule has 4 N–H and O–H groups in total. The molecule has 0 bridgehead atoms. The first kappa shape index (κ1) is 29.5. The number of aromatic hydroxyl groups is 2. The average molecular weight is 576 g/mol. The van der Waals surface area contributed by atoms with E-state index < -0.39 is 0 Å². The number of nitrogens with one attached hydrogen (secondary N) is 2. The molecule has 0 atom stereocenters. The van der Waals surface area contributed by atoms with Crippen molar-refractivity contribution in [2.45, 2.75) is 46.1 Å². The van der Waals surface area contributed by atoms with E-state index >= 15 is 0 Å². The van der Waals surface area contributed by atoms with Crippen LogP contribution in [0.25, 0.3) is 17.1 Å². The molecule has 3 aromatic rings. The second-order valence-corrected chi connectivity index (χ2v) is 11.4. The number of hydrogen-bond acceptors (Lipinski definition) is 8. The highest BCUT2D eigenvalue weighted by atomic mass is 16.3. The summed E-state index contributed by atoms with van der Waals surface area (Å²) in [6, 6.07) is 10.9. The SMILES string of the molecule is CCNC(=O)c1nnc(-c2cc(C(C)C)c(O)cc2O)n1-c1ccc(CN2CCC(C(=O)N3CCNCC3)CC2)cc1. The Kier molecular flexibility index (Phi) is 9.08. The van der Waals surface area contributed by atoms with Gasteiger partial charge >= 0.3 is 0 Å². The van der Waals surface area contributed by atoms with Crippen molar-refractivity contribution >= 4 is 11.8 Å². The molecule has 2 fully saturated rings. The maximum Gasteiger partial charge on any atom is 0.289 e. The van der Waals surface area contributed by atoms with Crippen molar-refractivity contribution in [2.24, 2.45) is 5.92 Å². The number of phenolic OH excluding ortho intramolecular Hbond substituents is 2. The van der Waals surface area contributed by atoms with Crippen LogP contribution in [0.4, 0.5) is 0 Å². The summed E-state index contributed by atoms with van der Waals surface area (Å²) >= 11 is 0. The number of amides is 2. The first-order valence-corrected chi connectivity index (χ1v) is 14.9. The van der Waals surface area contributed by atoms with Gasteiger partial charge in [-0.25, -0.2) is 0 Å². The molecule has 5 rings (SSSR count). The minimum absolute atomic E-state index is 0.00260. The van der Waals surface area contributed by atoms with Gasteiger partial charge < -0.3 is 25.7 Å². The molecule has 2 amide bonds. The zero-order valence-electron chi connectivity index (χ0n) is 24.6. The summed E-state index contributed by atoms with van der Waals surface area (Å²) in [5.41, 5.74) is 2.83. The van der Waals surface area contributed by atoms with Gasteiger partial charge in [0.25, 0.3) is 5.91 Å². The maximum absolute atomic E-state index is 12.9. The molecule has 0 aliphatic carbocycles. The highest BCUT2D eigenvalue weighted by molar-refractivity contribution is 5.92. The highest BCUT2D eigenvalue weighted by Crippen LogP contribution is 2.38. The second-order valence-electron chi connectivity index (χ2n) is 11.4. The molecule has 1 aromatic heterocycles. The molecular formula is C31H41N7O4. The van der Waals surface area contributed by atoms with Crippen LogP contribution in [-0.4, -0.2) is 92.4 Å². The van der Waals surface area contributed by atoms with E-state index in [0.29, 0.717) is 35.1 Å². The Balaban J connectivity index is 1.34. The summed E-state index contributed by atoms with van der Waals surface area (Å²) in [4.78, 5) is 30.2. The number of carbonyl (C=O) groups is 2. The molecule has 0 spiro atoms. The quantitative estimate of drug-likeness (QED) is 0.322. The number of phenols is 2. The van der Waals surface area contributed by atoms with E-state index in [1.807, 2.05) is 49.9 Å². The maximum atomic E-state index is 12.9. The molecule has 0 unspecified atom stereocenters. The molecule has 2 aliphatic rings. The van der Waals surface area contributed by atoms with E-state index in [9.17, 15) is 19.8 Å². The summed E-state index contributed by atoms with van der Waals surface area (Å²) in [6.07, 6.45) is 1.74. The number of rotatable bonds is 8. The van der Waals surface area contributed by atoms with Crippen LogP contribution in [0, 0.1) is 5.92 Å². The minimum atomic E-state index is -0.374. The molecule has 0 saturated carbocycles. The molecule has 2 aliphatic heterocycles. The smallest absolute Gasteiger partial charge is 0.289 e. The Morgan fingerprint density at radius 3 is 2.33 bits per heavy atom. The van der Waals surface area contributed by atoms with E-state index in [1.165, 1.54) is 6.07 Å². The van der Waals surface area contributed by atoms with Crippen LogP contribution in [-0.2, 0) is 11.3 Å². The van der Waals surface area contributed by atoms with Gasteiger partial charge in [-0.2, -0.15) is 0 Å². The number of hydrogen-bond donors (Lipinski definition) is 4. The van der Waals surface area contributed by atoms with Crippen molar-refractivity contribution in [2.75, 3.05) is 45.8 Å². The molecule has 0 radical (unpaired) electrons. The van der Waals surface area contributed by atoms with Gasteiger partial charge in [-0.05, 0) is 68.1 Å². The van der Waals surface area contributed by atoms with Crippen LogP contribution < -0.4 is 10.6 Å². The van der Waals surface area contributed by atoms with Gasteiger partial charge in [0.2, 0.25) is 11.7 Å². The fourth-order valence-electron chi connectivity index (χ4n) is 5.82. The lowest BCUT2D eigenvalue weighted by Gasteiger charge is -2.35. The standard InChI is InChI=1S/C31H41N7O4/c1-4-33-30(41)29-35-34-28(25-17-24(20(2)3)26(39)18-27(25)40)38(29)23-7-5-21(6-8-23)19-36-13-9-22(10-14-36)31(42)37-15-11-32-12-16-37/h5-8,17-18,20,22,32,39-40H,4,9-16,19H2,1-3H3,(H,33,41). The summed E-state index contributed by atoms with van der Waals surface area (Å²) in [6.45, 7) is 12.0. The molecule has 224 valence electrons. The van der Waals surface area contributed by atoms with Gasteiger partial charge in [0.05, 0.1) is 5.56 Å². The molecular weight excluding hydrogens is 534 g/mol. The fourth-order valence-corrected chi connectivity index (χ4v) is 5.82. The second kappa shape index (κ2) is 12.9. The predicted molar refractivity (Wildman–Crippen MR) is 160 cm³/mol. The van der Waals surface area contributed by atoms with Gasteiger partial charge in [-0.15, -0.1) is 10.2 Å². The summed E-state index contributed by atoms with van der Waals surface area (Å²) in [7, 11) is 0. The topological polar surface area (TPSA) is 136 Å². The van der Waals surface area contributed by atoms with Crippen LogP contribution >= 0.6 is 0 Å². The lowest BCUT2D eigenvalue weighted by atomic mass is 9.94. The summed E-state index contributed by atoms with van der Waals surface area (Å²) in [5.74, 6) is 0.303. The first-order chi connectivity index (χ1) is 20.3. The van der Waals surface area contributed by atoms with E-state index in [1.54, 1.807) is 10.6 Å². The van der Waals surface area contributed by atoms with Gasteiger partial charge in [-0.3, -0.25) is 19.1 Å². The third-order valence-corrected chi connectivity index (χ3v) is 8.18. The highest BCUT2D eigenvalue weighted by Gasteiger charge is 2.29. The molecule has 11 heteroatoms. The van der Waals surface area contributed by atoms with Crippen LogP contribution in [0.1, 0.15) is 61.3 Å². The number of aromatic nitrogens is 3. The Hall–Kier alpha value is -3.96. The summed E-state index contributed by atoms with van der Waals surface area (Å²) in [5, 5.41) is 35.7. The normalized spacial score (nSPS) is 16.6. The van der Waals surface area contributed by atoms with Crippen molar-refractivity contribution in [3.8, 4) is 28.6 Å². The van der Waals surface area contributed by atoms with E-state index in [-0.39, 0.29) is 35.1 Å². The number of carbonyl (C=O) groups excluding carboxylic acids is 2. The van der Waals surface area contributed by atoms with E-state index in [0.717, 1.165) is 64.2 Å². The molecule has 42 heavy (non-hydrogen) atoms. The van der Waals surface area contributed by atoms with Gasteiger partial charge in [0, 0.05) is 56.9 Å². The molecule has 2 saturated heterocycles. The van der Waals surface area contributed by atoms with E-state index in [4.69, 9.17) is 0 Å². The van der Waals surface area contributed by atoms with Crippen molar-refractivity contribution in [3.05, 3.63) is 53.3 Å². The Bertz CT molecular complexity index is 1410. The third-order valence-electron chi connectivity index (χ3n) is 8.18.